The maximum Gasteiger partial charge on any atom is 0.338 e. The van der Waals surface area contributed by atoms with Crippen LogP contribution in [0.25, 0.3) is 21.9 Å². The molecule has 3 aromatic rings. The minimum atomic E-state index is -1.02. The fraction of sp³-hybridized carbons (Fsp3) is 0.231. The van der Waals surface area contributed by atoms with Crippen LogP contribution in [0.15, 0.2) is 22.6 Å². The van der Waals surface area contributed by atoms with Crippen LogP contribution in [0.5, 0.6) is 0 Å². The molecular formula is C13H11N3O3S. The highest BCUT2D eigenvalue weighted by Crippen LogP contribution is 2.30. The van der Waals surface area contributed by atoms with Crippen LogP contribution in [0.4, 0.5) is 0 Å². The second-order valence-corrected chi connectivity index (χ2v) is 5.03. The molecule has 1 aromatic carbocycles. The van der Waals surface area contributed by atoms with Gasteiger partial charge in [0.2, 0.25) is 5.89 Å². The number of benzene rings is 1. The molecule has 3 rings (SSSR count). The summed E-state index contributed by atoms with van der Waals surface area (Å²) in [5.74, 6) is -0.640. The first-order chi connectivity index (χ1) is 9.70. The SMILES string of the molecule is CCCc1nnsc1-c1nc2c(C(=O)O)cccc2o1. The van der Waals surface area contributed by atoms with E-state index in [1.165, 1.54) is 17.6 Å². The van der Waals surface area contributed by atoms with Crippen molar-refractivity contribution in [2.75, 3.05) is 0 Å². The van der Waals surface area contributed by atoms with E-state index in [0.29, 0.717) is 17.0 Å². The Balaban J connectivity index is 2.16. The zero-order chi connectivity index (χ0) is 14.1. The van der Waals surface area contributed by atoms with Crippen molar-refractivity contribution in [1.82, 2.24) is 14.6 Å². The lowest BCUT2D eigenvalue weighted by atomic mass is 10.2. The fourth-order valence-corrected chi connectivity index (χ4v) is 2.62. The number of carboxylic acid groups (broad SMARTS) is 1. The summed E-state index contributed by atoms with van der Waals surface area (Å²) in [5, 5.41) is 13.2. The third-order valence-electron chi connectivity index (χ3n) is 2.89. The Bertz CT molecular complexity index is 778. The third kappa shape index (κ3) is 2.05. The Hall–Kier alpha value is -2.28. The van der Waals surface area contributed by atoms with Gasteiger partial charge in [0.15, 0.2) is 5.58 Å². The predicted molar refractivity (Wildman–Crippen MR) is 73.9 cm³/mol. The van der Waals surface area contributed by atoms with Gasteiger partial charge in [0.1, 0.15) is 10.4 Å². The van der Waals surface area contributed by atoms with Crippen molar-refractivity contribution in [3.63, 3.8) is 0 Å². The summed E-state index contributed by atoms with van der Waals surface area (Å²) >= 11 is 1.21. The van der Waals surface area contributed by atoms with Crippen molar-refractivity contribution >= 4 is 28.6 Å². The molecule has 7 heteroatoms. The van der Waals surface area contributed by atoms with Gasteiger partial charge in [0, 0.05) is 0 Å². The number of carbonyl (C=O) groups is 1. The highest BCUT2D eigenvalue weighted by Gasteiger charge is 2.19. The zero-order valence-corrected chi connectivity index (χ0v) is 11.5. The molecule has 0 aliphatic carbocycles. The molecule has 2 heterocycles. The smallest absolute Gasteiger partial charge is 0.338 e. The number of aromatic carboxylic acids is 1. The fourth-order valence-electron chi connectivity index (χ4n) is 1.99. The lowest BCUT2D eigenvalue weighted by molar-refractivity contribution is 0.0699. The van der Waals surface area contributed by atoms with Crippen molar-refractivity contribution in [2.24, 2.45) is 0 Å². The van der Waals surface area contributed by atoms with Crippen molar-refractivity contribution in [2.45, 2.75) is 19.8 Å². The Kier molecular flexibility index (Phi) is 3.19. The average molecular weight is 289 g/mol. The summed E-state index contributed by atoms with van der Waals surface area (Å²) < 4.78 is 9.57. The summed E-state index contributed by atoms with van der Waals surface area (Å²) in [6.07, 6.45) is 1.73. The first-order valence-electron chi connectivity index (χ1n) is 6.15. The van der Waals surface area contributed by atoms with Crippen LogP contribution in [0.1, 0.15) is 29.4 Å². The average Bonchev–Trinajstić information content (AvgIpc) is 3.03. The van der Waals surface area contributed by atoms with Gasteiger partial charge in [0.05, 0.1) is 11.3 Å². The topological polar surface area (TPSA) is 89.1 Å². The van der Waals surface area contributed by atoms with Crippen LogP contribution in [0.2, 0.25) is 0 Å². The van der Waals surface area contributed by atoms with Gasteiger partial charge < -0.3 is 9.52 Å². The molecule has 0 amide bonds. The molecule has 1 N–H and O–H groups in total. The van der Waals surface area contributed by atoms with E-state index in [9.17, 15) is 4.79 Å². The quantitative estimate of drug-likeness (QED) is 0.794. The minimum absolute atomic E-state index is 0.131. The number of para-hydroxylation sites is 1. The first-order valence-corrected chi connectivity index (χ1v) is 6.92. The number of oxazole rings is 1. The van der Waals surface area contributed by atoms with Gasteiger partial charge in [-0.05, 0) is 30.1 Å². The van der Waals surface area contributed by atoms with Gasteiger partial charge in [0.25, 0.3) is 0 Å². The van der Waals surface area contributed by atoms with Gasteiger partial charge in [-0.2, -0.15) is 0 Å². The lowest BCUT2D eigenvalue weighted by Crippen LogP contribution is -1.96. The van der Waals surface area contributed by atoms with E-state index >= 15 is 0 Å². The van der Waals surface area contributed by atoms with Crippen LogP contribution in [-0.2, 0) is 6.42 Å². The van der Waals surface area contributed by atoms with Crippen molar-refractivity contribution in [1.29, 1.82) is 0 Å². The van der Waals surface area contributed by atoms with Crippen LogP contribution >= 0.6 is 11.5 Å². The summed E-state index contributed by atoms with van der Waals surface area (Å²) in [5.41, 5.74) is 1.77. The number of hydrogen-bond acceptors (Lipinski definition) is 6. The number of carboxylic acids is 1. The second kappa shape index (κ2) is 5.01. The molecule has 0 fully saturated rings. The maximum absolute atomic E-state index is 11.2. The summed E-state index contributed by atoms with van der Waals surface area (Å²) in [7, 11) is 0. The van der Waals surface area contributed by atoms with Gasteiger partial charge >= 0.3 is 5.97 Å². The van der Waals surface area contributed by atoms with Gasteiger partial charge in [-0.3, -0.25) is 0 Å². The molecule has 0 radical (unpaired) electrons. The van der Waals surface area contributed by atoms with Crippen LogP contribution in [0.3, 0.4) is 0 Å². The number of fused-ring (bicyclic) bond motifs is 1. The highest BCUT2D eigenvalue weighted by molar-refractivity contribution is 7.09. The lowest BCUT2D eigenvalue weighted by Gasteiger charge is -1.93. The molecule has 0 bridgehead atoms. The van der Waals surface area contributed by atoms with Crippen molar-refractivity contribution < 1.29 is 14.3 Å². The Labute approximate surface area is 118 Å². The maximum atomic E-state index is 11.2. The molecule has 20 heavy (non-hydrogen) atoms. The Morgan fingerprint density at radius 2 is 2.30 bits per heavy atom. The molecule has 0 saturated carbocycles. The highest BCUT2D eigenvalue weighted by atomic mass is 32.1. The van der Waals surface area contributed by atoms with E-state index in [0.717, 1.165) is 23.4 Å². The van der Waals surface area contributed by atoms with E-state index in [2.05, 4.69) is 21.5 Å². The molecule has 0 spiro atoms. The number of aryl methyl sites for hydroxylation is 1. The molecular weight excluding hydrogens is 278 g/mol. The van der Waals surface area contributed by atoms with Crippen molar-refractivity contribution in [3.05, 3.63) is 29.5 Å². The molecule has 0 saturated heterocycles. The standard InChI is InChI=1S/C13H11N3O3S/c1-2-4-8-11(20-16-15-8)12-14-10-7(13(17)18)5-3-6-9(10)19-12/h3,5-6H,2,4H2,1H3,(H,17,18). The Morgan fingerprint density at radius 3 is 3.05 bits per heavy atom. The number of hydrogen-bond donors (Lipinski definition) is 1. The van der Waals surface area contributed by atoms with E-state index in [-0.39, 0.29) is 5.56 Å². The zero-order valence-electron chi connectivity index (χ0n) is 10.7. The van der Waals surface area contributed by atoms with E-state index < -0.39 is 5.97 Å². The summed E-state index contributed by atoms with van der Waals surface area (Å²) in [6.45, 7) is 2.05. The normalized spacial score (nSPS) is 11.1. The first kappa shape index (κ1) is 12.7. The largest absolute Gasteiger partial charge is 0.478 e. The number of nitrogens with zero attached hydrogens (tertiary/aromatic N) is 3. The minimum Gasteiger partial charge on any atom is -0.478 e. The molecule has 0 aliphatic heterocycles. The van der Waals surface area contributed by atoms with Crippen LogP contribution < -0.4 is 0 Å². The molecule has 2 aromatic heterocycles. The van der Waals surface area contributed by atoms with Gasteiger partial charge in [-0.15, -0.1) is 5.10 Å². The number of aromatic nitrogens is 3. The second-order valence-electron chi connectivity index (χ2n) is 4.28. The molecule has 6 nitrogen and oxygen atoms in total. The van der Waals surface area contributed by atoms with E-state index in [1.807, 2.05) is 0 Å². The monoisotopic (exact) mass is 289 g/mol. The third-order valence-corrected chi connectivity index (χ3v) is 3.64. The molecule has 0 unspecified atom stereocenters. The number of rotatable bonds is 4. The van der Waals surface area contributed by atoms with Crippen LogP contribution in [0, 0.1) is 0 Å². The predicted octanol–water partition coefficient (Wildman–Crippen LogP) is 3.00. The summed E-state index contributed by atoms with van der Waals surface area (Å²) in [4.78, 5) is 16.2. The van der Waals surface area contributed by atoms with Crippen molar-refractivity contribution in [3.8, 4) is 10.8 Å². The van der Waals surface area contributed by atoms with Gasteiger partial charge in [-0.1, -0.05) is 23.9 Å². The van der Waals surface area contributed by atoms with Crippen LogP contribution in [-0.4, -0.2) is 25.6 Å². The Morgan fingerprint density at radius 1 is 1.45 bits per heavy atom. The summed E-state index contributed by atoms with van der Waals surface area (Å²) in [6, 6.07) is 4.85. The molecule has 0 aliphatic rings. The van der Waals surface area contributed by atoms with E-state index in [4.69, 9.17) is 9.52 Å². The van der Waals surface area contributed by atoms with Gasteiger partial charge in [-0.25, -0.2) is 9.78 Å². The molecule has 0 atom stereocenters. The molecule has 102 valence electrons. The van der Waals surface area contributed by atoms with E-state index in [1.54, 1.807) is 12.1 Å².